The van der Waals surface area contributed by atoms with E-state index in [0.717, 1.165) is 0 Å². The molecule has 1 atom stereocenters. The van der Waals surface area contributed by atoms with Gasteiger partial charge < -0.3 is 16.2 Å². The molecule has 1 amide bonds. The van der Waals surface area contributed by atoms with E-state index in [9.17, 15) is 4.79 Å². The third-order valence-electron chi connectivity index (χ3n) is 3.39. The topological polar surface area (TPSA) is 78.6 Å². The minimum Gasteiger partial charge on any atom is -0.397 e. The van der Waals surface area contributed by atoms with Crippen LogP contribution in [-0.2, 0) is 4.79 Å². The lowest BCUT2D eigenvalue weighted by Gasteiger charge is -2.31. The first kappa shape index (κ1) is 17.8. The van der Waals surface area contributed by atoms with Crippen molar-refractivity contribution in [2.24, 2.45) is 0 Å². The lowest BCUT2D eigenvalue weighted by atomic mass is 10.1. The highest BCUT2D eigenvalue weighted by molar-refractivity contribution is 6.31. The van der Waals surface area contributed by atoms with Crippen LogP contribution in [0.25, 0.3) is 0 Å². The highest BCUT2D eigenvalue weighted by Crippen LogP contribution is 2.23. The highest BCUT2D eigenvalue weighted by atomic mass is 35.5. The second-order valence-electron chi connectivity index (χ2n) is 5.31. The Morgan fingerprint density at radius 3 is 2.67 bits per heavy atom. The number of carbonyl (C=O) groups excluding carboxylic acids is 1. The van der Waals surface area contributed by atoms with E-state index >= 15 is 0 Å². The van der Waals surface area contributed by atoms with Crippen LogP contribution in [-0.4, -0.2) is 41.1 Å². The van der Waals surface area contributed by atoms with Crippen LogP contribution in [0.15, 0.2) is 18.2 Å². The van der Waals surface area contributed by atoms with Crippen molar-refractivity contribution in [1.82, 2.24) is 4.90 Å². The fraction of sp³-hybridized carbons (Fsp3) is 0.533. The Kier molecular flexibility index (Phi) is 6.95. The molecule has 1 aromatic rings. The van der Waals surface area contributed by atoms with Crippen molar-refractivity contribution < 1.29 is 9.90 Å². The van der Waals surface area contributed by atoms with E-state index in [-0.39, 0.29) is 24.6 Å². The monoisotopic (exact) mass is 313 g/mol. The minimum absolute atomic E-state index is 0.110. The molecule has 6 heteroatoms. The first-order valence-corrected chi connectivity index (χ1v) is 7.47. The van der Waals surface area contributed by atoms with E-state index in [2.05, 4.69) is 5.32 Å². The van der Waals surface area contributed by atoms with Crippen LogP contribution in [0, 0.1) is 0 Å². The summed E-state index contributed by atoms with van der Waals surface area (Å²) in [5, 5.41) is 12.3. The number of aliphatic hydroxyl groups excluding tert-OH is 1. The van der Waals surface area contributed by atoms with E-state index in [0.29, 0.717) is 29.4 Å². The number of nitrogens with zero attached hydrogens (tertiary/aromatic N) is 1. The number of nitrogens with one attached hydrogen (secondary N) is 1. The van der Waals surface area contributed by atoms with Gasteiger partial charge in [-0.3, -0.25) is 9.69 Å². The standard InChI is InChI=1S/C15H24ClN3O2/c1-10(2)19(7-4-8-20)11(3)15(21)18-14-9-12(16)5-6-13(14)17/h5-6,9-11,20H,4,7-8,17H2,1-3H3,(H,18,21). The lowest BCUT2D eigenvalue weighted by Crippen LogP contribution is -2.46. The molecule has 0 saturated heterocycles. The molecule has 0 bridgehead atoms. The van der Waals surface area contributed by atoms with Gasteiger partial charge in [-0.15, -0.1) is 0 Å². The predicted molar refractivity (Wildman–Crippen MR) is 87.5 cm³/mol. The summed E-state index contributed by atoms with van der Waals surface area (Å²) in [6, 6.07) is 4.85. The molecule has 1 aromatic carbocycles. The zero-order valence-corrected chi connectivity index (χ0v) is 13.5. The number of halogens is 1. The Labute approximate surface area is 131 Å². The van der Waals surface area contributed by atoms with Crippen molar-refractivity contribution in [2.45, 2.75) is 39.3 Å². The van der Waals surface area contributed by atoms with Gasteiger partial charge in [0.15, 0.2) is 0 Å². The lowest BCUT2D eigenvalue weighted by molar-refractivity contribution is -0.121. The summed E-state index contributed by atoms with van der Waals surface area (Å²) in [7, 11) is 0. The summed E-state index contributed by atoms with van der Waals surface area (Å²) in [5.74, 6) is -0.143. The van der Waals surface area contributed by atoms with Crippen molar-refractivity contribution in [3.63, 3.8) is 0 Å². The van der Waals surface area contributed by atoms with Crippen LogP contribution in [0.1, 0.15) is 27.2 Å². The van der Waals surface area contributed by atoms with Crippen LogP contribution in [0.4, 0.5) is 11.4 Å². The van der Waals surface area contributed by atoms with Gasteiger partial charge >= 0.3 is 0 Å². The highest BCUT2D eigenvalue weighted by Gasteiger charge is 2.23. The molecule has 0 spiro atoms. The number of hydrogen-bond donors (Lipinski definition) is 3. The first-order valence-electron chi connectivity index (χ1n) is 7.09. The molecule has 21 heavy (non-hydrogen) atoms. The summed E-state index contributed by atoms with van der Waals surface area (Å²) >= 11 is 5.92. The Morgan fingerprint density at radius 1 is 1.43 bits per heavy atom. The van der Waals surface area contributed by atoms with E-state index in [1.807, 2.05) is 25.7 Å². The molecule has 0 aliphatic carbocycles. The zero-order chi connectivity index (χ0) is 16.0. The molecule has 0 aliphatic rings. The fourth-order valence-corrected chi connectivity index (χ4v) is 2.35. The van der Waals surface area contributed by atoms with Crippen molar-refractivity contribution >= 4 is 28.9 Å². The van der Waals surface area contributed by atoms with Gasteiger partial charge in [0.25, 0.3) is 0 Å². The molecule has 1 unspecified atom stereocenters. The Bertz CT molecular complexity index is 480. The van der Waals surface area contributed by atoms with Crippen LogP contribution in [0.3, 0.4) is 0 Å². The smallest absolute Gasteiger partial charge is 0.241 e. The third-order valence-corrected chi connectivity index (χ3v) is 3.62. The van der Waals surface area contributed by atoms with E-state index in [1.54, 1.807) is 18.2 Å². The van der Waals surface area contributed by atoms with Crippen LogP contribution in [0.5, 0.6) is 0 Å². The average Bonchev–Trinajstić information content (AvgIpc) is 2.42. The number of nitrogens with two attached hydrogens (primary N) is 1. The summed E-state index contributed by atoms with van der Waals surface area (Å²) in [5.41, 5.74) is 6.83. The molecule has 0 aliphatic heterocycles. The molecule has 1 rings (SSSR count). The summed E-state index contributed by atoms with van der Waals surface area (Å²) in [6.07, 6.45) is 0.634. The fourth-order valence-electron chi connectivity index (χ4n) is 2.18. The summed E-state index contributed by atoms with van der Waals surface area (Å²) in [4.78, 5) is 14.4. The molecule has 0 heterocycles. The van der Waals surface area contributed by atoms with Crippen LogP contribution in [0.2, 0.25) is 5.02 Å². The predicted octanol–water partition coefficient (Wildman–Crippen LogP) is 2.34. The molecule has 0 radical (unpaired) electrons. The molecule has 118 valence electrons. The number of carbonyl (C=O) groups is 1. The van der Waals surface area contributed by atoms with Gasteiger partial charge in [0, 0.05) is 24.2 Å². The Balaban J connectivity index is 2.78. The molecule has 5 nitrogen and oxygen atoms in total. The first-order chi connectivity index (χ1) is 9.86. The molecular weight excluding hydrogens is 290 g/mol. The van der Waals surface area contributed by atoms with Crippen LogP contribution >= 0.6 is 11.6 Å². The largest absolute Gasteiger partial charge is 0.397 e. The van der Waals surface area contributed by atoms with Crippen LogP contribution < -0.4 is 11.1 Å². The maximum Gasteiger partial charge on any atom is 0.241 e. The molecule has 0 aromatic heterocycles. The molecule has 4 N–H and O–H groups in total. The number of nitrogen functional groups attached to an aromatic ring is 1. The molecular formula is C15H24ClN3O2. The van der Waals surface area contributed by atoms with Crippen molar-refractivity contribution in [3.8, 4) is 0 Å². The van der Waals surface area contributed by atoms with Gasteiger partial charge in [-0.25, -0.2) is 0 Å². The number of amides is 1. The zero-order valence-electron chi connectivity index (χ0n) is 12.8. The van der Waals surface area contributed by atoms with Crippen molar-refractivity contribution in [1.29, 1.82) is 0 Å². The van der Waals surface area contributed by atoms with E-state index in [1.165, 1.54) is 0 Å². The number of aliphatic hydroxyl groups is 1. The van der Waals surface area contributed by atoms with Gasteiger partial charge in [0.05, 0.1) is 17.4 Å². The SMILES string of the molecule is CC(C)N(CCCO)C(C)C(=O)Nc1cc(Cl)ccc1N. The number of anilines is 2. The third kappa shape index (κ3) is 5.19. The van der Waals surface area contributed by atoms with Gasteiger partial charge in [-0.1, -0.05) is 11.6 Å². The van der Waals surface area contributed by atoms with Gasteiger partial charge in [0.2, 0.25) is 5.91 Å². The van der Waals surface area contributed by atoms with E-state index < -0.39 is 0 Å². The maximum atomic E-state index is 12.4. The van der Waals surface area contributed by atoms with Gasteiger partial charge in [0.1, 0.15) is 0 Å². The normalized spacial score (nSPS) is 12.7. The van der Waals surface area contributed by atoms with Gasteiger partial charge in [-0.05, 0) is 45.4 Å². The van der Waals surface area contributed by atoms with Gasteiger partial charge in [-0.2, -0.15) is 0 Å². The number of rotatable bonds is 7. The number of hydrogen-bond acceptors (Lipinski definition) is 4. The second-order valence-corrected chi connectivity index (χ2v) is 5.74. The Hall–Kier alpha value is -1.30. The van der Waals surface area contributed by atoms with Crippen molar-refractivity contribution in [2.75, 3.05) is 24.2 Å². The molecule has 0 fully saturated rings. The summed E-state index contributed by atoms with van der Waals surface area (Å²) < 4.78 is 0. The average molecular weight is 314 g/mol. The quantitative estimate of drug-likeness (QED) is 0.675. The number of benzene rings is 1. The minimum atomic E-state index is -0.324. The summed E-state index contributed by atoms with van der Waals surface area (Å²) in [6.45, 7) is 6.66. The second kappa shape index (κ2) is 8.22. The van der Waals surface area contributed by atoms with E-state index in [4.69, 9.17) is 22.4 Å². The van der Waals surface area contributed by atoms with Crippen molar-refractivity contribution in [3.05, 3.63) is 23.2 Å². The molecule has 0 saturated carbocycles. The Morgan fingerprint density at radius 2 is 2.10 bits per heavy atom. The maximum absolute atomic E-state index is 12.4.